The van der Waals surface area contributed by atoms with E-state index < -0.39 is 0 Å². The first-order chi connectivity index (χ1) is 14.1. The number of para-hydroxylation sites is 1. The molecule has 7 heteroatoms. The van der Waals surface area contributed by atoms with Crippen LogP contribution in [0.1, 0.15) is 6.92 Å². The molecule has 3 rings (SSSR count). The molecule has 1 unspecified atom stereocenters. The Hall–Kier alpha value is -3.19. The van der Waals surface area contributed by atoms with Gasteiger partial charge in [-0.2, -0.15) is 0 Å². The van der Waals surface area contributed by atoms with E-state index in [9.17, 15) is 9.59 Å². The van der Waals surface area contributed by atoms with Crippen LogP contribution in [-0.4, -0.2) is 62.4 Å². The minimum absolute atomic E-state index is 0.0640. The minimum atomic E-state index is -0.382. The lowest BCUT2D eigenvalue weighted by Gasteiger charge is -2.34. The van der Waals surface area contributed by atoms with E-state index in [0.717, 1.165) is 17.9 Å². The van der Waals surface area contributed by atoms with Crippen molar-refractivity contribution in [3.8, 4) is 0 Å². The van der Waals surface area contributed by atoms with E-state index in [1.165, 1.54) is 0 Å². The number of esters is 1. The number of carbonyl (C=O) groups excluding carboxylic acids is 2. The molecule has 7 nitrogen and oxygen atoms in total. The van der Waals surface area contributed by atoms with Gasteiger partial charge in [0.15, 0.2) is 0 Å². The number of aliphatic imine (C=N–C) groups is 1. The van der Waals surface area contributed by atoms with E-state index in [0.29, 0.717) is 31.9 Å². The molecule has 1 saturated heterocycles. The normalized spacial score (nSPS) is 19.8. The number of hydrogen-bond donors (Lipinski definition) is 1. The number of piperazine rings is 1. The molecule has 0 bridgehead atoms. The molecule has 0 radical (unpaired) electrons. The second-order valence-corrected chi connectivity index (χ2v) is 6.74. The van der Waals surface area contributed by atoms with Gasteiger partial charge in [0.05, 0.1) is 31.4 Å². The topological polar surface area (TPSA) is 74.2 Å². The molecule has 0 saturated carbocycles. The summed E-state index contributed by atoms with van der Waals surface area (Å²) < 4.78 is 5.10. The number of carbonyl (C=O) groups is 2. The largest absolute Gasteiger partial charge is 0.462 e. The summed E-state index contributed by atoms with van der Waals surface area (Å²) in [6.45, 7) is 7.86. The molecule has 1 N–H and O–H groups in total. The van der Waals surface area contributed by atoms with Crippen molar-refractivity contribution in [2.75, 3.05) is 37.8 Å². The van der Waals surface area contributed by atoms with Crippen LogP contribution in [0.15, 0.2) is 70.9 Å². The van der Waals surface area contributed by atoms with Crippen molar-refractivity contribution in [3.05, 3.63) is 65.9 Å². The highest BCUT2D eigenvalue weighted by atomic mass is 16.5. The van der Waals surface area contributed by atoms with Gasteiger partial charge in [0.25, 0.3) is 0 Å². The van der Waals surface area contributed by atoms with Crippen LogP contribution in [-0.2, 0) is 14.3 Å². The molecule has 1 aliphatic heterocycles. The van der Waals surface area contributed by atoms with Gasteiger partial charge in [0.1, 0.15) is 0 Å². The maximum Gasteiger partial charge on any atom is 0.338 e. The van der Waals surface area contributed by atoms with Crippen LogP contribution in [0, 0.1) is 0 Å². The van der Waals surface area contributed by atoms with Gasteiger partial charge in [-0.15, -0.1) is 0 Å². The van der Waals surface area contributed by atoms with Crippen LogP contribution >= 0.6 is 0 Å². The molecule has 1 aromatic carbocycles. The number of anilines is 1. The summed E-state index contributed by atoms with van der Waals surface area (Å²) in [5, 5.41) is 3.30. The fourth-order valence-corrected chi connectivity index (χ4v) is 3.21. The smallest absolute Gasteiger partial charge is 0.338 e. The quantitative estimate of drug-likeness (QED) is 0.565. The average Bonchev–Trinajstić information content (AvgIpc) is 2.95. The van der Waals surface area contributed by atoms with Crippen LogP contribution in [0.4, 0.5) is 5.69 Å². The highest BCUT2D eigenvalue weighted by Crippen LogP contribution is 2.17. The molecule has 1 atom stereocenters. The standard InChI is InChI=1S/C22H26N4O3/c1-3-29-22(28)17-9-10-18(23-2)14-19(13-17)24-16-25-11-12-26(21(27)15-25)20-7-5-4-6-8-20/h4-10,13-14,18,24H,2-3,11-12,15-16H2,1H3. The summed E-state index contributed by atoms with van der Waals surface area (Å²) in [6, 6.07) is 9.45. The number of nitrogens with zero attached hydrogens (tertiary/aromatic N) is 3. The van der Waals surface area contributed by atoms with Crippen LogP contribution in [0.25, 0.3) is 0 Å². The summed E-state index contributed by atoms with van der Waals surface area (Å²) in [4.78, 5) is 32.5. The summed E-state index contributed by atoms with van der Waals surface area (Å²) in [7, 11) is 0. The van der Waals surface area contributed by atoms with Crippen molar-refractivity contribution in [1.29, 1.82) is 0 Å². The summed E-state index contributed by atoms with van der Waals surface area (Å²) in [5.41, 5.74) is 2.11. The Kier molecular flexibility index (Phi) is 6.97. The zero-order valence-electron chi connectivity index (χ0n) is 16.6. The number of nitrogens with one attached hydrogen (secondary N) is 1. The van der Waals surface area contributed by atoms with Crippen molar-refractivity contribution >= 4 is 24.3 Å². The van der Waals surface area contributed by atoms with Gasteiger partial charge >= 0.3 is 5.97 Å². The second kappa shape index (κ2) is 9.84. The van der Waals surface area contributed by atoms with E-state index in [1.807, 2.05) is 46.2 Å². The summed E-state index contributed by atoms with van der Waals surface area (Å²) in [6.07, 6.45) is 7.12. The van der Waals surface area contributed by atoms with Crippen molar-refractivity contribution in [2.24, 2.45) is 4.99 Å². The minimum Gasteiger partial charge on any atom is -0.462 e. The molecule has 0 aromatic heterocycles. The van der Waals surface area contributed by atoms with Crippen LogP contribution < -0.4 is 10.2 Å². The lowest BCUT2D eigenvalue weighted by Crippen LogP contribution is -2.52. The van der Waals surface area contributed by atoms with E-state index >= 15 is 0 Å². The predicted molar refractivity (Wildman–Crippen MR) is 114 cm³/mol. The van der Waals surface area contributed by atoms with E-state index in [1.54, 1.807) is 25.2 Å². The third kappa shape index (κ3) is 5.42. The third-order valence-electron chi connectivity index (χ3n) is 4.73. The molecule has 152 valence electrons. The highest BCUT2D eigenvalue weighted by Gasteiger charge is 2.25. The molecule has 1 aromatic rings. The lowest BCUT2D eigenvalue weighted by molar-refractivity contribution is -0.138. The fraction of sp³-hybridized carbons (Fsp3) is 0.318. The molecule has 1 amide bonds. The Labute approximate surface area is 171 Å². The molecule has 29 heavy (non-hydrogen) atoms. The van der Waals surface area contributed by atoms with Gasteiger partial charge < -0.3 is 15.0 Å². The molecule has 0 spiro atoms. The Bertz CT molecular complexity index is 845. The first-order valence-electron chi connectivity index (χ1n) is 9.67. The van der Waals surface area contributed by atoms with E-state index in [4.69, 9.17) is 4.74 Å². The zero-order chi connectivity index (χ0) is 20.6. The number of benzene rings is 1. The number of allylic oxidation sites excluding steroid dienone is 1. The molecule has 1 heterocycles. The van der Waals surface area contributed by atoms with Crippen molar-refractivity contribution in [1.82, 2.24) is 10.2 Å². The van der Waals surface area contributed by atoms with Gasteiger partial charge in [-0.3, -0.25) is 14.7 Å². The molecular formula is C22H26N4O3. The Morgan fingerprint density at radius 1 is 1.31 bits per heavy atom. The molecule has 1 fully saturated rings. The maximum absolute atomic E-state index is 12.6. The van der Waals surface area contributed by atoms with Gasteiger partial charge in [-0.05, 0) is 44.0 Å². The average molecular weight is 394 g/mol. The van der Waals surface area contributed by atoms with Crippen LogP contribution in [0.5, 0.6) is 0 Å². The second-order valence-electron chi connectivity index (χ2n) is 6.74. The monoisotopic (exact) mass is 394 g/mol. The predicted octanol–water partition coefficient (Wildman–Crippen LogP) is 1.89. The third-order valence-corrected chi connectivity index (χ3v) is 4.73. The van der Waals surface area contributed by atoms with E-state index in [-0.39, 0.29) is 17.9 Å². The van der Waals surface area contributed by atoms with Crippen molar-refractivity contribution < 1.29 is 14.3 Å². The van der Waals surface area contributed by atoms with E-state index in [2.05, 4.69) is 17.0 Å². The lowest BCUT2D eigenvalue weighted by atomic mass is 10.2. The number of hydrogen-bond acceptors (Lipinski definition) is 6. The first-order valence-corrected chi connectivity index (χ1v) is 9.67. The van der Waals surface area contributed by atoms with Gasteiger partial charge in [0, 0.05) is 24.5 Å². The highest BCUT2D eigenvalue weighted by molar-refractivity contribution is 5.95. The number of rotatable bonds is 7. The maximum atomic E-state index is 12.6. The summed E-state index contributed by atoms with van der Waals surface area (Å²) in [5.74, 6) is -0.318. The van der Waals surface area contributed by atoms with Crippen LogP contribution in [0.2, 0.25) is 0 Å². The van der Waals surface area contributed by atoms with Crippen LogP contribution in [0.3, 0.4) is 0 Å². The number of amides is 1. The van der Waals surface area contributed by atoms with Crippen molar-refractivity contribution in [3.63, 3.8) is 0 Å². The van der Waals surface area contributed by atoms with Gasteiger partial charge in [-0.1, -0.05) is 24.3 Å². The van der Waals surface area contributed by atoms with Gasteiger partial charge in [0.2, 0.25) is 5.91 Å². The van der Waals surface area contributed by atoms with Gasteiger partial charge in [-0.25, -0.2) is 4.79 Å². The Morgan fingerprint density at radius 2 is 2.10 bits per heavy atom. The first kappa shape index (κ1) is 20.5. The Balaban J connectivity index is 1.61. The Morgan fingerprint density at radius 3 is 2.79 bits per heavy atom. The zero-order valence-corrected chi connectivity index (χ0v) is 16.6. The molecular weight excluding hydrogens is 368 g/mol. The molecule has 1 aliphatic carbocycles. The number of ether oxygens (including phenoxy) is 1. The molecule has 2 aliphatic rings. The summed E-state index contributed by atoms with van der Waals surface area (Å²) >= 11 is 0. The SMILES string of the molecule is C=NC1C=CC(C(=O)OCC)=CC(NCN2CCN(c3ccccc3)C(=O)C2)=C1. The van der Waals surface area contributed by atoms with Crippen molar-refractivity contribution in [2.45, 2.75) is 13.0 Å². The fourth-order valence-electron chi connectivity index (χ4n) is 3.21.